The van der Waals surface area contributed by atoms with Gasteiger partial charge in [-0.15, -0.1) is 0 Å². The molecule has 90 valence electrons. The molecular weight excluding hydrogens is 212 g/mol. The summed E-state index contributed by atoms with van der Waals surface area (Å²) in [6.07, 6.45) is 2.30. The quantitative estimate of drug-likeness (QED) is 0.845. The third kappa shape index (κ3) is 3.60. The van der Waals surface area contributed by atoms with Crippen LogP contribution in [-0.4, -0.2) is 5.91 Å². The zero-order valence-electron chi connectivity index (χ0n) is 10.4. The molecule has 0 saturated heterocycles. The maximum atomic E-state index is 11.7. The van der Waals surface area contributed by atoms with Gasteiger partial charge in [-0.05, 0) is 18.9 Å². The second-order valence-corrected chi connectivity index (χ2v) is 4.25. The lowest BCUT2D eigenvalue weighted by Gasteiger charge is -2.23. The first-order chi connectivity index (χ1) is 8.12. The summed E-state index contributed by atoms with van der Waals surface area (Å²) in [5, 5.41) is 12.0. The van der Waals surface area contributed by atoms with Gasteiger partial charge in [-0.2, -0.15) is 5.26 Å². The lowest BCUT2D eigenvalue weighted by Crippen LogP contribution is -2.42. The van der Waals surface area contributed by atoms with Crippen LogP contribution in [0.15, 0.2) is 30.3 Å². The molecule has 0 aliphatic rings. The summed E-state index contributed by atoms with van der Waals surface area (Å²) >= 11 is 0. The average Bonchev–Trinajstić information content (AvgIpc) is 2.37. The van der Waals surface area contributed by atoms with E-state index in [0.29, 0.717) is 6.42 Å². The smallest absolute Gasteiger partial charge is 0.221 e. The summed E-state index contributed by atoms with van der Waals surface area (Å²) in [7, 11) is 0. The van der Waals surface area contributed by atoms with E-state index in [2.05, 4.69) is 11.4 Å². The molecule has 0 radical (unpaired) electrons. The molecule has 0 heterocycles. The minimum absolute atomic E-state index is 0.0697. The normalized spacial score (nSPS) is 13.5. The van der Waals surface area contributed by atoms with E-state index in [4.69, 9.17) is 0 Å². The highest BCUT2D eigenvalue weighted by Crippen LogP contribution is 2.19. The van der Waals surface area contributed by atoms with E-state index in [1.54, 1.807) is 6.92 Å². The SMILES string of the molecule is CCCCC(=O)NC(C)(C#N)c1ccccc1. The molecule has 0 aromatic heterocycles. The number of hydrogen-bond acceptors (Lipinski definition) is 2. The van der Waals surface area contributed by atoms with Gasteiger partial charge in [0, 0.05) is 6.42 Å². The number of rotatable bonds is 5. The van der Waals surface area contributed by atoms with Crippen LogP contribution < -0.4 is 5.32 Å². The van der Waals surface area contributed by atoms with Crippen LogP contribution >= 0.6 is 0 Å². The molecule has 3 nitrogen and oxygen atoms in total. The number of nitrogens with zero attached hydrogens (tertiary/aromatic N) is 1. The topological polar surface area (TPSA) is 52.9 Å². The van der Waals surface area contributed by atoms with E-state index < -0.39 is 5.54 Å². The summed E-state index contributed by atoms with van der Waals surface area (Å²) in [6, 6.07) is 11.5. The summed E-state index contributed by atoms with van der Waals surface area (Å²) < 4.78 is 0. The minimum Gasteiger partial charge on any atom is -0.334 e. The molecule has 0 spiro atoms. The molecule has 0 saturated carbocycles. The van der Waals surface area contributed by atoms with Crippen molar-refractivity contribution in [3.63, 3.8) is 0 Å². The lowest BCUT2D eigenvalue weighted by molar-refractivity contribution is -0.122. The van der Waals surface area contributed by atoms with Gasteiger partial charge in [-0.3, -0.25) is 4.79 Å². The molecule has 17 heavy (non-hydrogen) atoms. The molecule has 1 amide bonds. The van der Waals surface area contributed by atoms with Crippen molar-refractivity contribution in [2.75, 3.05) is 0 Å². The Morgan fingerprint density at radius 2 is 2.06 bits per heavy atom. The minimum atomic E-state index is -0.938. The maximum absolute atomic E-state index is 11.7. The van der Waals surface area contributed by atoms with Crippen molar-refractivity contribution >= 4 is 5.91 Å². The van der Waals surface area contributed by atoms with Crippen molar-refractivity contribution in [2.45, 2.75) is 38.6 Å². The summed E-state index contributed by atoms with van der Waals surface area (Å²) in [5.74, 6) is -0.0697. The Morgan fingerprint density at radius 3 is 2.59 bits per heavy atom. The monoisotopic (exact) mass is 230 g/mol. The van der Waals surface area contributed by atoms with Gasteiger partial charge in [0.05, 0.1) is 6.07 Å². The van der Waals surface area contributed by atoms with E-state index in [1.807, 2.05) is 37.3 Å². The zero-order chi connectivity index (χ0) is 12.7. The van der Waals surface area contributed by atoms with Gasteiger partial charge in [-0.1, -0.05) is 43.7 Å². The number of carbonyl (C=O) groups is 1. The standard InChI is InChI=1S/C14H18N2O/c1-3-4-10-13(17)16-14(2,11-15)12-8-6-5-7-9-12/h5-9H,3-4,10H2,1-2H3,(H,16,17). The number of hydrogen-bond donors (Lipinski definition) is 1. The Kier molecular flexibility index (Phi) is 4.71. The van der Waals surface area contributed by atoms with Gasteiger partial charge in [0.25, 0.3) is 0 Å². The predicted octanol–water partition coefficient (Wildman–Crippen LogP) is 2.73. The fraction of sp³-hybridized carbons (Fsp3) is 0.429. The molecule has 0 bridgehead atoms. The van der Waals surface area contributed by atoms with Crippen LogP contribution in [0.5, 0.6) is 0 Å². The zero-order valence-corrected chi connectivity index (χ0v) is 10.4. The number of benzene rings is 1. The Labute approximate surface area is 102 Å². The van der Waals surface area contributed by atoms with Gasteiger partial charge < -0.3 is 5.32 Å². The third-order valence-electron chi connectivity index (χ3n) is 2.72. The van der Waals surface area contributed by atoms with E-state index in [-0.39, 0.29) is 5.91 Å². The molecule has 0 aliphatic carbocycles. The molecule has 1 atom stereocenters. The second kappa shape index (κ2) is 6.05. The van der Waals surface area contributed by atoms with Crippen LogP contribution in [0.3, 0.4) is 0 Å². The van der Waals surface area contributed by atoms with Gasteiger partial charge in [0.1, 0.15) is 5.54 Å². The summed E-state index contributed by atoms with van der Waals surface area (Å²) in [5.41, 5.74) is -0.126. The first-order valence-electron chi connectivity index (χ1n) is 5.90. The summed E-state index contributed by atoms with van der Waals surface area (Å²) in [6.45, 7) is 3.76. The molecule has 1 unspecified atom stereocenters. The van der Waals surface area contributed by atoms with Crippen LogP contribution in [0.1, 0.15) is 38.7 Å². The predicted molar refractivity (Wildman–Crippen MR) is 67.1 cm³/mol. The van der Waals surface area contributed by atoms with Crippen molar-refractivity contribution in [2.24, 2.45) is 0 Å². The highest BCUT2D eigenvalue weighted by Gasteiger charge is 2.27. The number of unbranched alkanes of at least 4 members (excludes halogenated alkanes) is 1. The molecular formula is C14H18N2O. The van der Waals surface area contributed by atoms with Gasteiger partial charge in [-0.25, -0.2) is 0 Å². The van der Waals surface area contributed by atoms with E-state index in [9.17, 15) is 10.1 Å². The Balaban J connectivity index is 2.77. The number of nitrogens with one attached hydrogen (secondary N) is 1. The first kappa shape index (κ1) is 13.2. The Bertz CT molecular complexity index is 408. The molecule has 1 N–H and O–H groups in total. The third-order valence-corrected chi connectivity index (χ3v) is 2.72. The van der Waals surface area contributed by atoms with Crippen molar-refractivity contribution < 1.29 is 4.79 Å². The summed E-state index contributed by atoms with van der Waals surface area (Å²) in [4.78, 5) is 11.7. The highest BCUT2D eigenvalue weighted by molar-refractivity contribution is 5.77. The molecule has 1 aromatic carbocycles. The van der Waals surface area contributed by atoms with Crippen LogP contribution in [0.4, 0.5) is 0 Å². The number of nitriles is 1. The fourth-order valence-corrected chi connectivity index (χ4v) is 1.61. The molecule has 0 aliphatic heterocycles. The van der Waals surface area contributed by atoms with Crippen molar-refractivity contribution in [1.29, 1.82) is 5.26 Å². The maximum Gasteiger partial charge on any atom is 0.221 e. The Hall–Kier alpha value is -1.82. The molecule has 3 heteroatoms. The van der Waals surface area contributed by atoms with Crippen LogP contribution in [0, 0.1) is 11.3 Å². The van der Waals surface area contributed by atoms with E-state index in [0.717, 1.165) is 18.4 Å². The highest BCUT2D eigenvalue weighted by atomic mass is 16.1. The average molecular weight is 230 g/mol. The van der Waals surface area contributed by atoms with Crippen LogP contribution in [-0.2, 0) is 10.3 Å². The second-order valence-electron chi connectivity index (χ2n) is 4.25. The molecule has 1 rings (SSSR count). The van der Waals surface area contributed by atoms with Crippen molar-refractivity contribution in [1.82, 2.24) is 5.32 Å². The molecule has 0 fully saturated rings. The molecule has 1 aromatic rings. The van der Waals surface area contributed by atoms with Crippen molar-refractivity contribution in [3.05, 3.63) is 35.9 Å². The van der Waals surface area contributed by atoms with Crippen LogP contribution in [0.25, 0.3) is 0 Å². The fourth-order valence-electron chi connectivity index (χ4n) is 1.61. The van der Waals surface area contributed by atoms with Gasteiger partial charge in [0.15, 0.2) is 0 Å². The van der Waals surface area contributed by atoms with E-state index in [1.165, 1.54) is 0 Å². The van der Waals surface area contributed by atoms with E-state index >= 15 is 0 Å². The first-order valence-corrected chi connectivity index (χ1v) is 5.90. The number of amides is 1. The Morgan fingerprint density at radius 1 is 1.41 bits per heavy atom. The van der Waals surface area contributed by atoms with Gasteiger partial charge >= 0.3 is 0 Å². The van der Waals surface area contributed by atoms with Crippen molar-refractivity contribution in [3.8, 4) is 6.07 Å². The van der Waals surface area contributed by atoms with Crippen LogP contribution in [0.2, 0.25) is 0 Å². The largest absolute Gasteiger partial charge is 0.334 e. The number of carbonyl (C=O) groups excluding carboxylic acids is 1. The van der Waals surface area contributed by atoms with Gasteiger partial charge in [0.2, 0.25) is 5.91 Å². The lowest BCUT2D eigenvalue weighted by atomic mass is 9.93.